The lowest BCUT2D eigenvalue weighted by molar-refractivity contribution is -0.129. The number of nitrogens with zero attached hydrogens (tertiary/aromatic N) is 1. The normalized spacial score (nSPS) is 15.9. The van der Waals surface area contributed by atoms with Gasteiger partial charge >= 0.3 is 5.97 Å². The van der Waals surface area contributed by atoms with E-state index >= 15 is 0 Å². The molecule has 6 heteroatoms. The molecule has 0 aliphatic carbocycles. The maximum Gasteiger partial charge on any atom is 0.363 e. The van der Waals surface area contributed by atoms with Crippen molar-refractivity contribution >= 4 is 63.7 Å². The first-order valence-electron chi connectivity index (χ1n) is 6.26. The van der Waals surface area contributed by atoms with Crippen LogP contribution >= 0.6 is 45.8 Å². The molecule has 0 fully saturated rings. The van der Waals surface area contributed by atoms with Gasteiger partial charge < -0.3 is 4.74 Å². The van der Waals surface area contributed by atoms with E-state index in [1.165, 1.54) is 0 Å². The first kappa shape index (κ1) is 15.5. The second kappa shape index (κ2) is 6.40. The van der Waals surface area contributed by atoms with Crippen molar-refractivity contribution in [1.82, 2.24) is 0 Å². The van der Waals surface area contributed by atoms with Gasteiger partial charge in [0.25, 0.3) is 0 Å². The minimum atomic E-state index is -0.486. The second-order valence-electron chi connectivity index (χ2n) is 4.52. The quantitative estimate of drug-likeness (QED) is 0.374. The van der Waals surface area contributed by atoms with Gasteiger partial charge in [-0.2, -0.15) is 0 Å². The molecule has 0 saturated carbocycles. The smallest absolute Gasteiger partial charge is 0.363 e. The summed E-state index contributed by atoms with van der Waals surface area (Å²) >= 11 is 14.1. The summed E-state index contributed by atoms with van der Waals surface area (Å²) in [7, 11) is 0. The van der Waals surface area contributed by atoms with Crippen LogP contribution in [0.5, 0.6) is 0 Å². The summed E-state index contributed by atoms with van der Waals surface area (Å²) in [6.07, 6.45) is 1.69. The molecule has 2 aromatic carbocycles. The van der Waals surface area contributed by atoms with Crippen LogP contribution in [-0.2, 0) is 9.53 Å². The van der Waals surface area contributed by atoms with Gasteiger partial charge in [0.15, 0.2) is 5.70 Å². The Hall–Kier alpha value is -1.37. The summed E-state index contributed by atoms with van der Waals surface area (Å²) in [6.45, 7) is 0. The molecule has 110 valence electrons. The molecule has 0 radical (unpaired) electrons. The third-order valence-corrected chi connectivity index (χ3v) is 4.35. The molecule has 0 aromatic heterocycles. The zero-order valence-corrected chi connectivity index (χ0v) is 14.7. The lowest BCUT2D eigenvalue weighted by Crippen LogP contribution is -2.05. The highest BCUT2D eigenvalue weighted by molar-refractivity contribution is 14.1. The highest BCUT2D eigenvalue weighted by atomic mass is 127. The van der Waals surface area contributed by atoms with Gasteiger partial charge in [-0.15, -0.1) is 0 Å². The van der Waals surface area contributed by atoms with E-state index in [-0.39, 0.29) is 11.6 Å². The van der Waals surface area contributed by atoms with Gasteiger partial charge in [-0.25, -0.2) is 9.79 Å². The number of hydrogen-bond acceptors (Lipinski definition) is 3. The Morgan fingerprint density at radius 2 is 1.91 bits per heavy atom. The fourth-order valence-corrected chi connectivity index (χ4v) is 2.78. The molecule has 1 aliphatic heterocycles. The highest BCUT2D eigenvalue weighted by Crippen LogP contribution is 2.25. The monoisotopic (exact) mass is 443 g/mol. The minimum Gasteiger partial charge on any atom is -0.402 e. The Labute approximate surface area is 150 Å². The number of carbonyl (C=O) groups excluding carboxylic acids is 1. The minimum absolute atomic E-state index is 0.223. The van der Waals surface area contributed by atoms with Gasteiger partial charge in [-0.05, 0) is 64.6 Å². The van der Waals surface area contributed by atoms with Gasteiger partial charge in [-0.1, -0.05) is 35.3 Å². The molecule has 0 amide bonds. The van der Waals surface area contributed by atoms with Crippen molar-refractivity contribution in [2.45, 2.75) is 0 Å². The largest absolute Gasteiger partial charge is 0.402 e. The highest BCUT2D eigenvalue weighted by Gasteiger charge is 2.24. The van der Waals surface area contributed by atoms with Crippen molar-refractivity contribution in [3.05, 3.63) is 72.9 Å². The summed E-state index contributed by atoms with van der Waals surface area (Å²) in [6, 6.07) is 12.7. The topological polar surface area (TPSA) is 38.7 Å². The number of rotatable bonds is 2. The first-order chi connectivity index (χ1) is 10.5. The predicted molar refractivity (Wildman–Crippen MR) is 96.2 cm³/mol. The van der Waals surface area contributed by atoms with Gasteiger partial charge in [0, 0.05) is 9.13 Å². The molecule has 0 atom stereocenters. The van der Waals surface area contributed by atoms with Gasteiger partial charge in [0.05, 0.1) is 10.0 Å². The molecule has 22 heavy (non-hydrogen) atoms. The molecular weight excluding hydrogens is 436 g/mol. The van der Waals surface area contributed by atoms with E-state index in [1.807, 2.05) is 24.3 Å². The molecule has 0 N–H and O–H groups in total. The molecular formula is C16H8Cl2INO2. The molecule has 0 saturated heterocycles. The zero-order chi connectivity index (χ0) is 15.7. The number of ether oxygens (including phenoxy) is 1. The molecule has 3 nitrogen and oxygen atoms in total. The van der Waals surface area contributed by atoms with Crippen LogP contribution in [-0.4, -0.2) is 11.9 Å². The summed E-state index contributed by atoms with van der Waals surface area (Å²) < 4.78 is 6.27. The Bertz CT molecular complexity index is 831. The van der Waals surface area contributed by atoms with Crippen molar-refractivity contribution in [2.75, 3.05) is 0 Å². The first-order valence-corrected chi connectivity index (χ1v) is 8.10. The van der Waals surface area contributed by atoms with Crippen LogP contribution in [0.25, 0.3) is 6.08 Å². The summed E-state index contributed by atoms with van der Waals surface area (Å²) in [5.74, 6) is -0.264. The standard InChI is InChI=1S/C16H8Cl2INO2/c17-12-5-4-10(8-13(12)18)15-20-14(16(21)22-15)7-9-2-1-3-11(19)6-9/h1-8H/b14-7-. The Kier molecular flexibility index (Phi) is 4.52. The number of aliphatic imine (C=N–C) groups is 1. The molecule has 3 rings (SSSR count). The maximum atomic E-state index is 11.9. The average molecular weight is 444 g/mol. The maximum absolute atomic E-state index is 11.9. The molecule has 1 aliphatic rings. The number of hydrogen-bond donors (Lipinski definition) is 0. The van der Waals surface area contributed by atoms with Gasteiger partial charge in [0.1, 0.15) is 0 Å². The van der Waals surface area contributed by atoms with Crippen LogP contribution in [0.1, 0.15) is 11.1 Å². The van der Waals surface area contributed by atoms with E-state index in [1.54, 1.807) is 24.3 Å². The second-order valence-corrected chi connectivity index (χ2v) is 6.58. The predicted octanol–water partition coefficient (Wildman–Crippen LogP) is 4.94. The fourth-order valence-electron chi connectivity index (χ4n) is 1.92. The number of cyclic esters (lactones) is 1. The van der Waals surface area contributed by atoms with Crippen LogP contribution < -0.4 is 0 Å². The lowest BCUT2D eigenvalue weighted by Gasteiger charge is -2.01. The lowest BCUT2D eigenvalue weighted by atomic mass is 10.2. The number of esters is 1. The van der Waals surface area contributed by atoms with Crippen LogP contribution in [0, 0.1) is 3.57 Å². The van der Waals surface area contributed by atoms with Crippen molar-refractivity contribution < 1.29 is 9.53 Å². The van der Waals surface area contributed by atoms with E-state index in [9.17, 15) is 4.79 Å². The molecule has 1 heterocycles. The van der Waals surface area contributed by atoms with Crippen molar-refractivity contribution in [1.29, 1.82) is 0 Å². The van der Waals surface area contributed by atoms with E-state index in [2.05, 4.69) is 27.6 Å². The summed E-state index contributed by atoms with van der Waals surface area (Å²) in [5, 5.41) is 0.818. The third kappa shape index (κ3) is 3.34. The Morgan fingerprint density at radius 1 is 1.09 bits per heavy atom. The average Bonchev–Trinajstić information content (AvgIpc) is 2.83. The third-order valence-electron chi connectivity index (χ3n) is 2.94. The Balaban J connectivity index is 1.96. The van der Waals surface area contributed by atoms with E-state index in [0.29, 0.717) is 15.6 Å². The van der Waals surface area contributed by atoms with Gasteiger partial charge in [0.2, 0.25) is 5.90 Å². The summed E-state index contributed by atoms with van der Waals surface area (Å²) in [4.78, 5) is 16.2. The van der Waals surface area contributed by atoms with Crippen molar-refractivity contribution in [3.8, 4) is 0 Å². The van der Waals surface area contributed by atoms with E-state index in [4.69, 9.17) is 27.9 Å². The molecule has 0 bridgehead atoms. The fraction of sp³-hybridized carbons (Fsp3) is 0. The number of carbonyl (C=O) groups is 1. The zero-order valence-electron chi connectivity index (χ0n) is 11.0. The van der Waals surface area contributed by atoms with Crippen LogP contribution in [0.3, 0.4) is 0 Å². The molecule has 2 aromatic rings. The van der Waals surface area contributed by atoms with Crippen LogP contribution in [0.2, 0.25) is 10.0 Å². The molecule has 0 spiro atoms. The van der Waals surface area contributed by atoms with Crippen LogP contribution in [0.15, 0.2) is 53.2 Å². The van der Waals surface area contributed by atoms with E-state index < -0.39 is 5.97 Å². The van der Waals surface area contributed by atoms with Crippen molar-refractivity contribution in [3.63, 3.8) is 0 Å². The molecule has 0 unspecified atom stereocenters. The van der Waals surface area contributed by atoms with Gasteiger partial charge in [-0.3, -0.25) is 0 Å². The number of halogens is 3. The summed E-state index contributed by atoms with van der Waals surface area (Å²) in [5.41, 5.74) is 1.75. The SMILES string of the molecule is O=C1OC(c2ccc(Cl)c(Cl)c2)=N/C1=C\c1cccc(I)c1. The van der Waals surface area contributed by atoms with E-state index in [0.717, 1.165) is 9.13 Å². The Morgan fingerprint density at radius 3 is 2.64 bits per heavy atom. The number of benzene rings is 2. The van der Waals surface area contributed by atoms with Crippen LogP contribution in [0.4, 0.5) is 0 Å². The van der Waals surface area contributed by atoms with Crippen molar-refractivity contribution in [2.24, 2.45) is 4.99 Å².